The molecular formula is C49H82N2. The zero-order valence-electron chi connectivity index (χ0n) is 34.9. The monoisotopic (exact) mass is 699 g/mol. The van der Waals surface area contributed by atoms with E-state index in [4.69, 9.17) is 0 Å². The fourth-order valence-electron chi connectivity index (χ4n) is 17.2. The Bertz CT molecular complexity index is 1210. The largest absolute Gasteiger partial charge is 0.314 e. The average Bonchev–Trinajstić information content (AvgIpc) is 3.66. The lowest BCUT2D eigenvalue weighted by Gasteiger charge is -2.59. The summed E-state index contributed by atoms with van der Waals surface area (Å²) >= 11 is 0. The van der Waals surface area contributed by atoms with Crippen LogP contribution in [0.25, 0.3) is 0 Å². The molecule has 6 saturated carbocycles. The molecule has 2 nitrogen and oxygen atoms in total. The van der Waals surface area contributed by atoms with Crippen LogP contribution in [-0.4, -0.2) is 25.2 Å². The molecule has 8 unspecified atom stereocenters. The summed E-state index contributed by atoms with van der Waals surface area (Å²) in [6.45, 7) is 23.5. The van der Waals surface area contributed by atoms with Crippen molar-refractivity contribution in [2.75, 3.05) is 13.1 Å². The summed E-state index contributed by atoms with van der Waals surface area (Å²) in [6, 6.07) is 1.46. The molecule has 8 aliphatic rings. The summed E-state index contributed by atoms with van der Waals surface area (Å²) in [7, 11) is 0. The first-order valence-corrected chi connectivity index (χ1v) is 23.3. The molecule has 0 aromatic rings. The molecule has 2 N–H and O–H groups in total. The summed E-state index contributed by atoms with van der Waals surface area (Å²) in [5.41, 5.74) is 5.83. The zero-order valence-corrected chi connectivity index (χ0v) is 34.9. The molecule has 0 heterocycles. The highest BCUT2D eigenvalue weighted by Gasteiger charge is 2.61. The molecular weight excluding hydrogens is 617 g/mol. The van der Waals surface area contributed by atoms with Gasteiger partial charge >= 0.3 is 0 Å². The third kappa shape index (κ3) is 6.05. The number of hydrogen-bond acceptors (Lipinski definition) is 2. The molecule has 0 amide bonds. The molecule has 288 valence electrons. The van der Waals surface area contributed by atoms with E-state index in [1.54, 1.807) is 0 Å². The van der Waals surface area contributed by atoms with Crippen molar-refractivity contribution in [3.05, 3.63) is 23.3 Å². The Morgan fingerprint density at radius 2 is 1.00 bits per heavy atom. The lowest BCUT2D eigenvalue weighted by atomic mass is 9.46. The maximum absolute atomic E-state index is 3.89. The standard InChI is InChI=1S/C49H82N2/c1-9-27-50-36-19-23-46(5)34(30-36)11-13-38-42-17-15-40(48(42,7)25-21-44(38)46)32(3)29-33(4)41-16-18-43-39-14-12-35-31-37(51-28-10-2)20-24-47(35,6)45(39)22-26-49(41,43)8/h11-12,32-33,36-45,50-51H,9-10,13-31H2,1-8H3/t32-,33-,36+,37+,38-,39+,40?,41?,42+,43+,44?,45?,46?,47?,48?,49?/m1/s1. The van der Waals surface area contributed by atoms with Crippen LogP contribution in [0.2, 0.25) is 0 Å². The first-order valence-electron chi connectivity index (χ1n) is 23.3. The van der Waals surface area contributed by atoms with Crippen molar-refractivity contribution >= 4 is 0 Å². The SMILES string of the molecule is CCCN[C@H]1CCC2(C)C(=CC[C@@H]3C2CCC2(C)C([C@H](C)C[C@@H](C)C4CC[C@H]5[C@H]6CC=C7C[C@@H](NCCC)CCC7(C)C6CCC45C)CC[C@@H]32)C1. The van der Waals surface area contributed by atoms with Gasteiger partial charge in [0, 0.05) is 12.1 Å². The molecule has 0 aliphatic heterocycles. The predicted molar refractivity (Wildman–Crippen MR) is 217 cm³/mol. The molecule has 0 radical (unpaired) electrons. The summed E-state index contributed by atoms with van der Waals surface area (Å²) in [6.07, 6.45) is 32.8. The van der Waals surface area contributed by atoms with Crippen molar-refractivity contribution in [3.8, 4) is 0 Å². The van der Waals surface area contributed by atoms with Crippen LogP contribution in [0.1, 0.15) is 177 Å². The Morgan fingerprint density at radius 1 is 0.569 bits per heavy atom. The predicted octanol–water partition coefficient (Wildman–Crippen LogP) is 12.5. The van der Waals surface area contributed by atoms with Gasteiger partial charge in [-0.2, -0.15) is 0 Å². The van der Waals surface area contributed by atoms with Gasteiger partial charge in [-0.25, -0.2) is 0 Å². The number of allylic oxidation sites excluding steroid dienone is 2. The van der Waals surface area contributed by atoms with E-state index >= 15 is 0 Å². The molecule has 0 saturated heterocycles. The maximum atomic E-state index is 3.89. The molecule has 0 bridgehead atoms. The molecule has 0 spiro atoms. The first-order chi connectivity index (χ1) is 24.5. The van der Waals surface area contributed by atoms with Crippen LogP contribution in [0.4, 0.5) is 0 Å². The lowest BCUT2D eigenvalue weighted by Crippen LogP contribution is -2.52. The van der Waals surface area contributed by atoms with Gasteiger partial charge in [0.1, 0.15) is 0 Å². The quantitative estimate of drug-likeness (QED) is 0.222. The summed E-state index contributed by atoms with van der Waals surface area (Å²) < 4.78 is 0. The molecule has 8 aliphatic carbocycles. The molecule has 0 aromatic heterocycles. The molecule has 16 atom stereocenters. The fourth-order valence-corrected chi connectivity index (χ4v) is 17.2. The molecule has 51 heavy (non-hydrogen) atoms. The van der Waals surface area contributed by atoms with Crippen molar-refractivity contribution < 1.29 is 0 Å². The van der Waals surface area contributed by atoms with Gasteiger partial charge in [-0.1, -0.05) is 78.7 Å². The normalized spacial score (nSPS) is 50.0. The molecule has 0 aromatic carbocycles. The summed E-state index contributed by atoms with van der Waals surface area (Å²) in [4.78, 5) is 0. The minimum absolute atomic E-state index is 0.485. The Labute approximate surface area is 316 Å². The smallest absolute Gasteiger partial charge is 0.0105 e. The van der Waals surface area contributed by atoms with Crippen LogP contribution in [0.5, 0.6) is 0 Å². The van der Waals surface area contributed by atoms with Crippen molar-refractivity contribution in [1.82, 2.24) is 10.6 Å². The minimum Gasteiger partial charge on any atom is -0.314 e. The van der Waals surface area contributed by atoms with Crippen molar-refractivity contribution in [2.24, 2.45) is 80.8 Å². The Kier molecular flexibility index (Phi) is 10.4. The van der Waals surface area contributed by atoms with E-state index in [-0.39, 0.29) is 0 Å². The van der Waals surface area contributed by atoms with Crippen molar-refractivity contribution in [1.29, 1.82) is 0 Å². The third-order valence-electron chi connectivity index (χ3n) is 19.8. The molecule has 8 rings (SSSR count). The molecule has 2 heteroatoms. The van der Waals surface area contributed by atoms with E-state index in [1.807, 2.05) is 11.1 Å². The highest BCUT2D eigenvalue weighted by atomic mass is 14.9. The van der Waals surface area contributed by atoms with E-state index in [2.05, 4.69) is 78.2 Å². The van der Waals surface area contributed by atoms with E-state index in [0.717, 1.165) is 71.3 Å². The van der Waals surface area contributed by atoms with Crippen LogP contribution in [0.15, 0.2) is 23.3 Å². The Morgan fingerprint density at radius 3 is 1.41 bits per heavy atom. The zero-order chi connectivity index (χ0) is 35.8. The van der Waals surface area contributed by atoms with Crippen LogP contribution >= 0.6 is 0 Å². The van der Waals surface area contributed by atoms with Gasteiger partial charge in [0.05, 0.1) is 0 Å². The highest BCUT2D eigenvalue weighted by Crippen LogP contribution is 2.70. The van der Waals surface area contributed by atoms with E-state index in [1.165, 1.54) is 135 Å². The number of nitrogens with one attached hydrogen (secondary N) is 2. The topological polar surface area (TPSA) is 24.1 Å². The molecule has 6 fully saturated rings. The Balaban J connectivity index is 0.912. The second kappa shape index (κ2) is 14.2. The van der Waals surface area contributed by atoms with Gasteiger partial charge in [-0.15, -0.1) is 0 Å². The fraction of sp³-hybridized carbons (Fsp3) is 0.918. The van der Waals surface area contributed by atoms with E-state index < -0.39 is 0 Å². The lowest BCUT2D eigenvalue weighted by molar-refractivity contribution is -0.0608. The van der Waals surface area contributed by atoms with Gasteiger partial charge < -0.3 is 10.6 Å². The van der Waals surface area contributed by atoms with Crippen LogP contribution in [0.3, 0.4) is 0 Å². The van der Waals surface area contributed by atoms with Gasteiger partial charge in [0.25, 0.3) is 0 Å². The van der Waals surface area contributed by atoms with Crippen molar-refractivity contribution in [3.63, 3.8) is 0 Å². The number of hydrogen-bond donors (Lipinski definition) is 2. The van der Waals surface area contributed by atoms with Gasteiger partial charge in [0.15, 0.2) is 0 Å². The third-order valence-corrected chi connectivity index (χ3v) is 19.8. The second-order valence-electron chi connectivity index (χ2n) is 22.0. The maximum Gasteiger partial charge on any atom is 0.0105 e. The first kappa shape index (κ1) is 37.3. The van der Waals surface area contributed by atoms with E-state index in [0.29, 0.717) is 21.7 Å². The van der Waals surface area contributed by atoms with Gasteiger partial charge in [0.2, 0.25) is 0 Å². The van der Waals surface area contributed by atoms with Gasteiger partial charge in [-0.3, -0.25) is 0 Å². The van der Waals surface area contributed by atoms with Gasteiger partial charge in [-0.05, 0) is 216 Å². The van der Waals surface area contributed by atoms with Crippen molar-refractivity contribution in [2.45, 2.75) is 189 Å². The van der Waals surface area contributed by atoms with E-state index in [9.17, 15) is 0 Å². The van der Waals surface area contributed by atoms with Crippen LogP contribution < -0.4 is 10.6 Å². The minimum atomic E-state index is 0.485. The van der Waals surface area contributed by atoms with Crippen LogP contribution in [0, 0.1) is 80.8 Å². The Hall–Kier alpha value is -0.600. The van der Waals surface area contributed by atoms with Crippen LogP contribution in [-0.2, 0) is 0 Å². The average molecular weight is 699 g/mol. The summed E-state index contributed by atoms with van der Waals surface area (Å²) in [5.74, 6) is 9.39. The highest BCUT2D eigenvalue weighted by molar-refractivity contribution is 5.27. The summed E-state index contributed by atoms with van der Waals surface area (Å²) in [5, 5.41) is 7.79. The number of rotatable bonds is 10. The second-order valence-corrected chi connectivity index (χ2v) is 22.0. The number of fused-ring (bicyclic) bond motifs is 10.